The summed E-state index contributed by atoms with van der Waals surface area (Å²) in [7, 11) is 2.05. The summed E-state index contributed by atoms with van der Waals surface area (Å²) in [6.07, 6.45) is 2.05. The van der Waals surface area contributed by atoms with Crippen molar-refractivity contribution < 1.29 is 4.79 Å². The van der Waals surface area contributed by atoms with Crippen LogP contribution in [0.4, 0.5) is 0 Å². The molecule has 0 aliphatic carbocycles. The van der Waals surface area contributed by atoms with E-state index in [1.165, 1.54) is 5.56 Å². The van der Waals surface area contributed by atoms with Gasteiger partial charge in [-0.25, -0.2) is 0 Å². The van der Waals surface area contributed by atoms with Crippen molar-refractivity contribution in [3.8, 4) is 11.3 Å². The first-order valence-electron chi connectivity index (χ1n) is 10.4. The molecule has 0 bridgehead atoms. The minimum Gasteiger partial charge on any atom is -0.351 e. The monoisotopic (exact) mass is 395 g/mol. The number of aromatic nitrogens is 1. The van der Waals surface area contributed by atoms with Gasteiger partial charge in [0.2, 0.25) is 0 Å². The molecule has 1 fully saturated rings. The van der Waals surface area contributed by atoms with E-state index >= 15 is 0 Å². The van der Waals surface area contributed by atoms with Crippen molar-refractivity contribution in [1.29, 1.82) is 0 Å². The van der Waals surface area contributed by atoms with Crippen molar-refractivity contribution in [2.75, 3.05) is 19.6 Å². The molecule has 5 rings (SSSR count). The molecule has 150 valence electrons. The summed E-state index contributed by atoms with van der Waals surface area (Å²) in [5, 5.41) is 5.67. The molecule has 4 heteroatoms. The van der Waals surface area contributed by atoms with E-state index in [4.69, 9.17) is 0 Å². The fraction of sp³-hybridized carbons (Fsp3) is 0.192. The van der Waals surface area contributed by atoms with Crippen LogP contribution in [-0.2, 0) is 7.05 Å². The molecule has 1 N–H and O–H groups in total. The number of nitrogens with one attached hydrogen (secondary N) is 1. The summed E-state index contributed by atoms with van der Waals surface area (Å²) in [4.78, 5) is 15.5. The average Bonchev–Trinajstić information content (AvgIpc) is 3.24. The van der Waals surface area contributed by atoms with Crippen LogP contribution in [0.1, 0.15) is 22.0 Å². The molecule has 0 radical (unpaired) electrons. The molecule has 3 aromatic carbocycles. The second-order valence-electron chi connectivity index (χ2n) is 7.88. The molecule has 2 heterocycles. The number of piperazine rings is 1. The molecule has 0 saturated carbocycles. The van der Waals surface area contributed by atoms with Gasteiger partial charge in [0.1, 0.15) is 0 Å². The standard InChI is InChI=1S/C26H25N3O/c1-28-16-7-12-25(28)22-13-14-23(21-11-6-5-10-20(21)22)26(30)29-17-15-27-24(18-29)19-8-3-2-4-9-19/h2-14,16,24,27H,15,17-18H2,1H3. The summed E-state index contributed by atoms with van der Waals surface area (Å²) in [5.41, 5.74) is 4.30. The van der Waals surface area contributed by atoms with Gasteiger partial charge < -0.3 is 14.8 Å². The van der Waals surface area contributed by atoms with Crippen LogP contribution in [0.2, 0.25) is 0 Å². The predicted molar refractivity (Wildman–Crippen MR) is 121 cm³/mol. The smallest absolute Gasteiger partial charge is 0.254 e. The van der Waals surface area contributed by atoms with Gasteiger partial charge in [-0.3, -0.25) is 4.79 Å². The second kappa shape index (κ2) is 7.81. The van der Waals surface area contributed by atoms with E-state index in [2.05, 4.69) is 46.3 Å². The number of fused-ring (bicyclic) bond motifs is 1. The van der Waals surface area contributed by atoms with Gasteiger partial charge in [-0.1, -0.05) is 60.7 Å². The fourth-order valence-corrected chi connectivity index (χ4v) is 4.46. The van der Waals surface area contributed by atoms with Gasteiger partial charge in [0, 0.05) is 55.7 Å². The van der Waals surface area contributed by atoms with E-state index < -0.39 is 0 Å². The molecule has 30 heavy (non-hydrogen) atoms. The maximum absolute atomic E-state index is 13.5. The van der Waals surface area contributed by atoms with Crippen LogP contribution in [0.3, 0.4) is 0 Å². The summed E-state index contributed by atoms with van der Waals surface area (Å²) in [6.45, 7) is 2.19. The van der Waals surface area contributed by atoms with Gasteiger partial charge in [0.15, 0.2) is 0 Å². The molecule has 1 atom stereocenters. The number of benzene rings is 3. The third-order valence-electron chi connectivity index (χ3n) is 6.04. The molecule has 1 aliphatic heterocycles. The number of carbonyl (C=O) groups is 1. The molecule has 4 nitrogen and oxygen atoms in total. The Bertz CT molecular complexity index is 1200. The van der Waals surface area contributed by atoms with Crippen LogP contribution in [0.15, 0.2) is 85.1 Å². The highest BCUT2D eigenvalue weighted by Gasteiger charge is 2.26. The zero-order chi connectivity index (χ0) is 20.5. The van der Waals surface area contributed by atoms with Gasteiger partial charge in [-0.05, 0) is 34.5 Å². The number of carbonyl (C=O) groups excluding carboxylic acids is 1. The molecule has 0 spiro atoms. The van der Waals surface area contributed by atoms with Crippen molar-refractivity contribution in [3.05, 3.63) is 96.2 Å². The lowest BCUT2D eigenvalue weighted by atomic mass is 9.96. The highest BCUT2D eigenvalue weighted by Crippen LogP contribution is 2.32. The Morgan fingerprint density at radius 2 is 1.67 bits per heavy atom. The second-order valence-corrected chi connectivity index (χ2v) is 7.88. The average molecular weight is 396 g/mol. The maximum Gasteiger partial charge on any atom is 0.254 e. The Morgan fingerprint density at radius 1 is 0.900 bits per heavy atom. The number of aryl methyl sites for hydroxylation is 1. The van der Waals surface area contributed by atoms with Crippen LogP contribution in [0.5, 0.6) is 0 Å². The quantitative estimate of drug-likeness (QED) is 0.549. The van der Waals surface area contributed by atoms with Crippen LogP contribution in [-0.4, -0.2) is 35.0 Å². The topological polar surface area (TPSA) is 37.3 Å². The third kappa shape index (κ3) is 3.29. The fourth-order valence-electron chi connectivity index (χ4n) is 4.46. The Balaban J connectivity index is 1.50. The Labute approximate surface area is 176 Å². The van der Waals surface area contributed by atoms with Crippen LogP contribution in [0, 0.1) is 0 Å². The first kappa shape index (κ1) is 18.6. The van der Waals surface area contributed by atoms with E-state index in [0.29, 0.717) is 6.54 Å². The van der Waals surface area contributed by atoms with Gasteiger partial charge in [0.25, 0.3) is 5.91 Å². The lowest BCUT2D eigenvalue weighted by molar-refractivity contribution is 0.0705. The van der Waals surface area contributed by atoms with E-state index in [-0.39, 0.29) is 11.9 Å². The lowest BCUT2D eigenvalue weighted by Gasteiger charge is -2.34. The van der Waals surface area contributed by atoms with Crippen molar-refractivity contribution in [2.24, 2.45) is 7.05 Å². The summed E-state index contributed by atoms with van der Waals surface area (Å²) in [5.74, 6) is 0.104. The first-order chi connectivity index (χ1) is 14.7. The predicted octanol–water partition coefficient (Wildman–Crippen LogP) is 4.63. The number of hydrogen-bond donors (Lipinski definition) is 1. The number of nitrogens with zero attached hydrogens (tertiary/aromatic N) is 2. The lowest BCUT2D eigenvalue weighted by Crippen LogP contribution is -2.48. The molecule has 1 aromatic heterocycles. The number of amides is 1. The third-order valence-corrected chi connectivity index (χ3v) is 6.04. The Kier molecular flexibility index (Phi) is 4.85. The highest BCUT2D eigenvalue weighted by atomic mass is 16.2. The highest BCUT2D eigenvalue weighted by molar-refractivity contribution is 6.10. The van der Waals surface area contributed by atoms with Crippen molar-refractivity contribution >= 4 is 16.7 Å². The Morgan fingerprint density at radius 3 is 2.43 bits per heavy atom. The van der Waals surface area contributed by atoms with Crippen molar-refractivity contribution in [1.82, 2.24) is 14.8 Å². The molecular weight excluding hydrogens is 370 g/mol. The molecule has 1 amide bonds. The molecule has 1 aliphatic rings. The molecular formula is C26H25N3O. The van der Waals surface area contributed by atoms with E-state index in [1.807, 2.05) is 60.6 Å². The first-order valence-corrected chi connectivity index (χ1v) is 10.4. The van der Waals surface area contributed by atoms with E-state index in [0.717, 1.165) is 40.7 Å². The zero-order valence-electron chi connectivity index (χ0n) is 17.1. The number of rotatable bonds is 3. The summed E-state index contributed by atoms with van der Waals surface area (Å²) < 4.78 is 2.12. The van der Waals surface area contributed by atoms with Crippen molar-refractivity contribution in [3.63, 3.8) is 0 Å². The number of hydrogen-bond acceptors (Lipinski definition) is 2. The summed E-state index contributed by atoms with van der Waals surface area (Å²) >= 11 is 0. The van der Waals surface area contributed by atoms with Gasteiger partial charge >= 0.3 is 0 Å². The van der Waals surface area contributed by atoms with Gasteiger partial charge in [0.05, 0.1) is 0 Å². The van der Waals surface area contributed by atoms with Crippen LogP contribution in [0.25, 0.3) is 22.0 Å². The zero-order valence-corrected chi connectivity index (χ0v) is 17.1. The van der Waals surface area contributed by atoms with Gasteiger partial charge in [-0.2, -0.15) is 0 Å². The van der Waals surface area contributed by atoms with Crippen molar-refractivity contribution in [2.45, 2.75) is 6.04 Å². The minimum absolute atomic E-state index is 0.104. The van der Waals surface area contributed by atoms with E-state index in [9.17, 15) is 4.79 Å². The van der Waals surface area contributed by atoms with Gasteiger partial charge in [-0.15, -0.1) is 0 Å². The SMILES string of the molecule is Cn1cccc1-c1ccc(C(=O)N2CCNC(c3ccccc3)C2)c2ccccc12. The summed E-state index contributed by atoms with van der Waals surface area (Å²) in [6, 6.07) is 27.0. The van der Waals surface area contributed by atoms with Crippen LogP contribution >= 0.6 is 0 Å². The molecule has 1 saturated heterocycles. The molecule has 1 unspecified atom stereocenters. The maximum atomic E-state index is 13.5. The van der Waals surface area contributed by atoms with E-state index in [1.54, 1.807) is 0 Å². The normalized spacial score (nSPS) is 16.7. The largest absolute Gasteiger partial charge is 0.351 e. The minimum atomic E-state index is 0.104. The Hall–Kier alpha value is -3.37. The molecule has 4 aromatic rings. The van der Waals surface area contributed by atoms with Crippen LogP contribution < -0.4 is 5.32 Å².